The summed E-state index contributed by atoms with van der Waals surface area (Å²) in [6, 6.07) is 12.7. The average Bonchev–Trinajstić information content (AvgIpc) is 2.75. The van der Waals surface area contributed by atoms with Gasteiger partial charge < -0.3 is 10.3 Å². The van der Waals surface area contributed by atoms with Gasteiger partial charge in [0.1, 0.15) is 5.82 Å². The van der Waals surface area contributed by atoms with Gasteiger partial charge >= 0.3 is 0 Å². The molecule has 3 aromatic rings. The minimum absolute atomic E-state index is 0.547. The van der Waals surface area contributed by atoms with Gasteiger partial charge in [0, 0.05) is 19.2 Å². The van der Waals surface area contributed by atoms with Crippen LogP contribution in [0.4, 0.5) is 0 Å². The van der Waals surface area contributed by atoms with E-state index in [1.54, 1.807) is 0 Å². The van der Waals surface area contributed by atoms with Crippen molar-refractivity contribution >= 4 is 11.0 Å². The lowest BCUT2D eigenvalue weighted by atomic mass is 10.1. The Hall–Kier alpha value is -2.13. The van der Waals surface area contributed by atoms with Crippen LogP contribution in [0.2, 0.25) is 0 Å². The molecule has 2 N–H and O–H groups in total. The Morgan fingerprint density at radius 3 is 2.60 bits per heavy atom. The molecule has 0 fully saturated rings. The monoisotopic (exact) mass is 265 g/mol. The molecule has 0 saturated carbocycles. The van der Waals surface area contributed by atoms with Crippen molar-refractivity contribution in [2.24, 2.45) is 12.8 Å². The van der Waals surface area contributed by atoms with E-state index in [9.17, 15) is 0 Å². The van der Waals surface area contributed by atoms with Crippen molar-refractivity contribution < 1.29 is 0 Å². The number of rotatable bonds is 2. The molecule has 0 unspecified atom stereocenters. The molecule has 0 bridgehead atoms. The van der Waals surface area contributed by atoms with Crippen LogP contribution in [0.15, 0.2) is 36.4 Å². The first kappa shape index (κ1) is 12.9. The Kier molecular flexibility index (Phi) is 3.07. The molecule has 102 valence electrons. The minimum atomic E-state index is 0.547. The Labute approximate surface area is 119 Å². The first-order valence-corrected chi connectivity index (χ1v) is 6.83. The number of hydrogen-bond acceptors (Lipinski definition) is 2. The summed E-state index contributed by atoms with van der Waals surface area (Å²) in [4.78, 5) is 4.79. The summed E-state index contributed by atoms with van der Waals surface area (Å²) in [5.74, 6) is 1.01. The van der Waals surface area contributed by atoms with Crippen LogP contribution < -0.4 is 5.73 Å². The number of aryl methyl sites for hydroxylation is 3. The topological polar surface area (TPSA) is 43.8 Å². The smallest absolute Gasteiger partial charge is 0.141 e. The number of benzene rings is 2. The summed E-state index contributed by atoms with van der Waals surface area (Å²) in [5, 5.41) is 0. The van der Waals surface area contributed by atoms with Gasteiger partial charge in [-0.3, -0.25) is 0 Å². The average molecular weight is 265 g/mol. The van der Waals surface area contributed by atoms with Crippen LogP contribution in [-0.4, -0.2) is 9.55 Å². The van der Waals surface area contributed by atoms with Crippen LogP contribution in [0.5, 0.6) is 0 Å². The molecule has 0 amide bonds. The quantitative estimate of drug-likeness (QED) is 0.772. The fourth-order valence-corrected chi connectivity index (χ4v) is 2.68. The van der Waals surface area contributed by atoms with E-state index < -0.39 is 0 Å². The van der Waals surface area contributed by atoms with Crippen LogP contribution in [0.25, 0.3) is 22.4 Å². The summed E-state index contributed by atoms with van der Waals surface area (Å²) in [6.45, 7) is 4.79. The van der Waals surface area contributed by atoms with Gasteiger partial charge in [0.05, 0.1) is 11.0 Å². The molecule has 0 atom stereocenters. The van der Waals surface area contributed by atoms with Crippen molar-refractivity contribution in [1.82, 2.24) is 9.55 Å². The molecule has 3 rings (SSSR count). The highest BCUT2D eigenvalue weighted by Gasteiger charge is 2.12. The number of nitrogens with zero attached hydrogens (tertiary/aromatic N) is 2. The zero-order chi connectivity index (χ0) is 14.3. The Bertz CT molecular complexity index is 784. The van der Waals surface area contributed by atoms with Crippen LogP contribution in [-0.2, 0) is 13.6 Å². The maximum atomic E-state index is 5.70. The lowest BCUT2D eigenvalue weighted by molar-refractivity contribution is 0.957. The van der Waals surface area contributed by atoms with E-state index in [0.717, 1.165) is 22.4 Å². The first-order valence-electron chi connectivity index (χ1n) is 6.83. The van der Waals surface area contributed by atoms with E-state index in [0.29, 0.717) is 6.54 Å². The second kappa shape index (κ2) is 4.76. The number of fused-ring (bicyclic) bond motifs is 1. The molecular formula is C17H19N3. The van der Waals surface area contributed by atoms with Gasteiger partial charge in [0.25, 0.3) is 0 Å². The molecule has 2 aromatic carbocycles. The SMILES string of the molecule is Cc1ccc(-c2nc3cc(CN)ccc3n2C)c(C)c1. The normalized spacial score (nSPS) is 11.2. The van der Waals surface area contributed by atoms with E-state index in [-0.39, 0.29) is 0 Å². The van der Waals surface area contributed by atoms with E-state index in [1.165, 1.54) is 16.7 Å². The van der Waals surface area contributed by atoms with E-state index in [2.05, 4.69) is 61.9 Å². The first-order chi connectivity index (χ1) is 9.60. The van der Waals surface area contributed by atoms with Crippen molar-refractivity contribution in [1.29, 1.82) is 0 Å². The summed E-state index contributed by atoms with van der Waals surface area (Å²) in [5.41, 5.74) is 12.7. The molecule has 3 heteroatoms. The largest absolute Gasteiger partial charge is 0.327 e. The molecule has 0 radical (unpaired) electrons. The summed E-state index contributed by atoms with van der Waals surface area (Å²) < 4.78 is 2.15. The molecule has 0 saturated heterocycles. The van der Waals surface area contributed by atoms with E-state index in [4.69, 9.17) is 10.7 Å². The van der Waals surface area contributed by atoms with Crippen LogP contribution in [0, 0.1) is 13.8 Å². The maximum Gasteiger partial charge on any atom is 0.141 e. The van der Waals surface area contributed by atoms with Crippen molar-refractivity contribution in [2.75, 3.05) is 0 Å². The number of imidazole rings is 1. The fourth-order valence-electron chi connectivity index (χ4n) is 2.68. The Morgan fingerprint density at radius 2 is 1.90 bits per heavy atom. The third-order valence-electron chi connectivity index (χ3n) is 3.80. The highest BCUT2D eigenvalue weighted by atomic mass is 15.1. The van der Waals surface area contributed by atoms with Crippen LogP contribution in [0.3, 0.4) is 0 Å². The van der Waals surface area contributed by atoms with Gasteiger partial charge in [-0.2, -0.15) is 0 Å². The molecular weight excluding hydrogens is 246 g/mol. The highest BCUT2D eigenvalue weighted by molar-refractivity contribution is 5.81. The highest BCUT2D eigenvalue weighted by Crippen LogP contribution is 2.27. The molecule has 3 nitrogen and oxygen atoms in total. The number of aromatic nitrogens is 2. The number of hydrogen-bond donors (Lipinski definition) is 1. The molecule has 0 aliphatic rings. The van der Waals surface area contributed by atoms with Gasteiger partial charge in [-0.1, -0.05) is 29.8 Å². The second-order valence-electron chi connectivity index (χ2n) is 5.34. The van der Waals surface area contributed by atoms with Gasteiger partial charge in [-0.15, -0.1) is 0 Å². The summed E-state index contributed by atoms with van der Waals surface area (Å²) in [6.07, 6.45) is 0. The molecule has 1 heterocycles. The zero-order valence-corrected chi connectivity index (χ0v) is 12.1. The van der Waals surface area contributed by atoms with Crippen molar-refractivity contribution in [3.05, 3.63) is 53.1 Å². The van der Waals surface area contributed by atoms with Crippen LogP contribution >= 0.6 is 0 Å². The van der Waals surface area contributed by atoms with E-state index in [1.807, 2.05) is 0 Å². The molecule has 0 aliphatic heterocycles. The van der Waals surface area contributed by atoms with Crippen LogP contribution in [0.1, 0.15) is 16.7 Å². The molecule has 0 spiro atoms. The minimum Gasteiger partial charge on any atom is -0.327 e. The third-order valence-corrected chi connectivity index (χ3v) is 3.80. The maximum absolute atomic E-state index is 5.70. The van der Waals surface area contributed by atoms with Gasteiger partial charge in [0.15, 0.2) is 0 Å². The Balaban J connectivity index is 2.23. The van der Waals surface area contributed by atoms with Crippen molar-refractivity contribution in [3.63, 3.8) is 0 Å². The van der Waals surface area contributed by atoms with Gasteiger partial charge in [-0.25, -0.2) is 4.98 Å². The zero-order valence-electron chi connectivity index (χ0n) is 12.1. The number of nitrogens with two attached hydrogens (primary N) is 1. The third kappa shape index (κ3) is 2.00. The second-order valence-corrected chi connectivity index (χ2v) is 5.34. The standard InChI is InChI=1S/C17H19N3/c1-11-4-6-14(12(2)8-11)17-19-15-9-13(10-18)5-7-16(15)20(17)3/h4-9H,10,18H2,1-3H3. The van der Waals surface area contributed by atoms with E-state index >= 15 is 0 Å². The predicted molar refractivity (Wildman–Crippen MR) is 83.5 cm³/mol. The predicted octanol–water partition coefficient (Wildman–Crippen LogP) is 3.32. The molecule has 0 aliphatic carbocycles. The van der Waals surface area contributed by atoms with Crippen molar-refractivity contribution in [3.8, 4) is 11.4 Å². The lowest BCUT2D eigenvalue weighted by Gasteiger charge is -2.07. The van der Waals surface area contributed by atoms with Crippen molar-refractivity contribution in [2.45, 2.75) is 20.4 Å². The van der Waals surface area contributed by atoms with Gasteiger partial charge in [-0.05, 0) is 37.1 Å². The lowest BCUT2D eigenvalue weighted by Crippen LogP contribution is -1.96. The molecule has 20 heavy (non-hydrogen) atoms. The van der Waals surface area contributed by atoms with Gasteiger partial charge in [0.2, 0.25) is 0 Å². The fraction of sp³-hybridized carbons (Fsp3) is 0.235. The molecule has 1 aromatic heterocycles. The summed E-state index contributed by atoms with van der Waals surface area (Å²) in [7, 11) is 2.06. The summed E-state index contributed by atoms with van der Waals surface area (Å²) >= 11 is 0. The Morgan fingerprint density at radius 1 is 1.10 bits per heavy atom.